The number of aromatic nitrogens is 5. The van der Waals surface area contributed by atoms with Gasteiger partial charge in [0.05, 0.1) is 5.69 Å². The van der Waals surface area contributed by atoms with Crippen molar-refractivity contribution in [2.75, 3.05) is 16.8 Å². The van der Waals surface area contributed by atoms with E-state index in [1.165, 1.54) is 12.3 Å². The Balaban J connectivity index is 1.63. The third-order valence-corrected chi connectivity index (χ3v) is 4.69. The second-order valence-electron chi connectivity index (χ2n) is 6.92. The molecule has 1 aliphatic heterocycles. The van der Waals surface area contributed by atoms with E-state index in [1.54, 1.807) is 34.8 Å². The molecule has 1 amide bonds. The standard InChI is InChI=1S/C19H18F3N7O/c1-11-9-16(28(2)27-11)29-8-6-13(18(29)30)24-15-10-14(19(20,21)22)25-17(26-15)12-5-3-4-7-23-12/h3-5,7,9-10,13H,6,8H2,1-2H3,(H,24,25,26). The molecule has 0 saturated carbocycles. The van der Waals surface area contributed by atoms with Crippen LogP contribution in [0.15, 0.2) is 36.5 Å². The van der Waals surface area contributed by atoms with Crippen LogP contribution >= 0.6 is 0 Å². The summed E-state index contributed by atoms with van der Waals surface area (Å²) in [5.41, 5.74) is -0.135. The molecule has 30 heavy (non-hydrogen) atoms. The average molecular weight is 417 g/mol. The number of carbonyl (C=O) groups is 1. The Morgan fingerprint density at radius 1 is 1.20 bits per heavy atom. The van der Waals surface area contributed by atoms with Gasteiger partial charge in [0.1, 0.15) is 23.4 Å². The van der Waals surface area contributed by atoms with E-state index in [-0.39, 0.29) is 23.2 Å². The summed E-state index contributed by atoms with van der Waals surface area (Å²) in [4.78, 5) is 26.2. The third-order valence-electron chi connectivity index (χ3n) is 4.69. The lowest BCUT2D eigenvalue weighted by atomic mass is 10.2. The molecule has 11 heteroatoms. The number of rotatable bonds is 4. The minimum atomic E-state index is -4.67. The van der Waals surface area contributed by atoms with Crippen molar-refractivity contribution in [1.82, 2.24) is 24.7 Å². The Kier molecular flexibility index (Phi) is 4.88. The number of aryl methyl sites for hydroxylation is 2. The molecule has 0 radical (unpaired) electrons. The van der Waals surface area contributed by atoms with Crippen molar-refractivity contribution in [3.8, 4) is 11.5 Å². The van der Waals surface area contributed by atoms with E-state index in [2.05, 4.69) is 25.4 Å². The maximum atomic E-state index is 13.4. The van der Waals surface area contributed by atoms with Gasteiger partial charge in [0.2, 0.25) is 0 Å². The van der Waals surface area contributed by atoms with Gasteiger partial charge < -0.3 is 5.32 Å². The highest BCUT2D eigenvalue weighted by Gasteiger charge is 2.37. The number of carbonyl (C=O) groups excluding carboxylic acids is 1. The second-order valence-corrected chi connectivity index (χ2v) is 6.92. The molecule has 1 aliphatic rings. The normalized spacial score (nSPS) is 16.9. The van der Waals surface area contributed by atoms with Gasteiger partial charge in [0.15, 0.2) is 11.5 Å². The maximum Gasteiger partial charge on any atom is 0.433 e. The predicted molar refractivity (Wildman–Crippen MR) is 103 cm³/mol. The molecule has 1 fully saturated rings. The van der Waals surface area contributed by atoms with Crippen molar-refractivity contribution >= 4 is 17.5 Å². The summed E-state index contributed by atoms with van der Waals surface area (Å²) in [6, 6.07) is 6.66. The molecule has 4 heterocycles. The maximum absolute atomic E-state index is 13.4. The Hall–Kier alpha value is -3.50. The van der Waals surface area contributed by atoms with Crippen molar-refractivity contribution in [1.29, 1.82) is 0 Å². The summed E-state index contributed by atoms with van der Waals surface area (Å²) in [6.07, 6.45) is -2.81. The van der Waals surface area contributed by atoms with Crippen LogP contribution in [0.5, 0.6) is 0 Å². The van der Waals surface area contributed by atoms with Crippen LogP contribution in [0, 0.1) is 6.92 Å². The number of hydrogen-bond acceptors (Lipinski definition) is 6. The van der Waals surface area contributed by atoms with E-state index in [0.717, 1.165) is 11.8 Å². The topological polar surface area (TPSA) is 88.8 Å². The number of alkyl halides is 3. The fourth-order valence-electron chi connectivity index (χ4n) is 3.35. The van der Waals surface area contributed by atoms with Crippen LogP contribution < -0.4 is 10.2 Å². The van der Waals surface area contributed by atoms with Crippen molar-refractivity contribution in [2.45, 2.75) is 25.6 Å². The molecule has 1 atom stereocenters. The van der Waals surface area contributed by atoms with Crippen molar-refractivity contribution in [2.24, 2.45) is 7.05 Å². The molecular weight excluding hydrogens is 399 g/mol. The molecule has 0 spiro atoms. The average Bonchev–Trinajstić information content (AvgIpc) is 3.22. The molecule has 0 bridgehead atoms. The zero-order valence-corrected chi connectivity index (χ0v) is 16.2. The second kappa shape index (κ2) is 7.39. The van der Waals surface area contributed by atoms with Gasteiger partial charge in [-0.25, -0.2) is 9.97 Å². The molecule has 3 aromatic rings. The first-order valence-corrected chi connectivity index (χ1v) is 9.18. The van der Waals surface area contributed by atoms with Gasteiger partial charge >= 0.3 is 6.18 Å². The van der Waals surface area contributed by atoms with Gasteiger partial charge in [0.25, 0.3) is 5.91 Å². The minimum absolute atomic E-state index is 0.0839. The molecule has 156 valence electrons. The number of hydrogen-bond donors (Lipinski definition) is 1. The summed E-state index contributed by atoms with van der Waals surface area (Å²) in [5.74, 6) is 0.121. The quantitative estimate of drug-likeness (QED) is 0.702. The Morgan fingerprint density at radius 2 is 2.00 bits per heavy atom. The number of nitrogens with zero attached hydrogens (tertiary/aromatic N) is 6. The van der Waals surface area contributed by atoms with E-state index < -0.39 is 17.9 Å². The van der Waals surface area contributed by atoms with Gasteiger partial charge in [-0.2, -0.15) is 18.3 Å². The first-order valence-electron chi connectivity index (χ1n) is 9.18. The van der Waals surface area contributed by atoms with Crippen LogP contribution in [0.2, 0.25) is 0 Å². The Bertz CT molecular complexity index is 1080. The highest BCUT2D eigenvalue weighted by Crippen LogP contribution is 2.31. The zero-order valence-electron chi connectivity index (χ0n) is 16.2. The lowest BCUT2D eigenvalue weighted by Gasteiger charge is -2.18. The molecule has 4 rings (SSSR count). The fraction of sp³-hybridized carbons (Fsp3) is 0.316. The zero-order chi connectivity index (χ0) is 21.5. The van der Waals surface area contributed by atoms with Crippen LogP contribution in [0.1, 0.15) is 17.8 Å². The largest absolute Gasteiger partial charge is 0.433 e. The van der Waals surface area contributed by atoms with Crippen LogP contribution in [0.25, 0.3) is 11.5 Å². The van der Waals surface area contributed by atoms with Crippen molar-refractivity contribution in [3.63, 3.8) is 0 Å². The lowest BCUT2D eigenvalue weighted by molar-refractivity contribution is -0.141. The van der Waals surface area contributed by atoms with E-state index >= 15 is 0 Å². The summed E-state index contributed by atoms with van der Waals surface area (Å²) in [5, 5.41) is 7.07. The number of pyridine rings is 1. The molecule has 1 N–H and O–H groups in total. The van der Waals surface area contributed by atoms with Gasteiger partial charge in [-0.3, -0.25) is 19.4 Å². The van der Waals surface area contributed by atoms with Crippen molar-refractivity contribution in [3.05, 3.63) is 47.9 Å². The summed E-state index contributed by atoms with van der Waals surface area (Å²) >= 11 is 0. The SMILES string of the molecule is Cc1cc(N2CCC(Nc3cc(C(F)(F)F)nc(-c4ccccn4)n3)C2=O)n(C)n1. The molecular formula is C19H18F3N7O. The van der Waals surface area contributed by atoms with E-state index in [4.69, 9.17) is 0 Å². The molecule has 1 unspecified atom stereocenters. The molecule has 0 aliphatic carbocycles. The number of amides is 1. The van der Waals surface area contributed by atoms with Crippen LogP contribution in [0.3, 0.4) is 0 Å². The summed E-state index contributed by atoms with van der Waals surface area (Å²) < 4.78 is 41.7. The predicted octanol–water partition coefficient (Wildman–Crippen LogP) is 2.82. The Morgan fingerprint density at radius 3 is 2.63 bits per heavy atom. The summed E-state index contributed by atoms with van der Waals surface area (Å²) in [6.45, 7) is 2.23. The van der Waals surface area contributed by atoms with Gasteiger partial charge in [-0.15, -0.1) is 0 Å². The minimum Gasteiger partial charge on any atom is -0.358 e. The highest BCUT2D eigenvalue weighted by atomic mass is 19.4. The van der Waals surface area contributed by atoms with E-state index in [9.17, 15) is 18.0 Å². The van der Waals surface area contributed by atoms with Gasteiger partial charge in [0, 0.05) is 31.9 Å². The van der Waals surface area contributed by atoms with Gasteiger partial charge in [-0.1, -0.05) is 6.07 Å². The monoisotopic (exact) mass is 417 g/mol. The highest BCUT2D eigenvalue weighted by molar-refractivity contribution is 6.00. The van der Waals surface area contributed by atoms with Crippen LogP contribution in [0.4, 0.5) is 24.8 Å². The summed E-state index contributed by atoms with van der Waals surface area (Å²) in [7, 11) is 1.73. The first-order chi connectivity index (χ1) is 14.2. The third kappa shape index (κ3) is 3.82. The first kappa shape index (κ1) is 19.8. The number of halogens is 3. The molecule has 0 aromatic carbocycles. The van der Waals surface area contributed by atoms with E-state index in [0.29, 0.717) is 18.8 Å². The smallest absolute Gasteiger partial charge is 0.358 e. The molecule has 8 nitrogen and oxygen atoms in total. The Labute approximate surface area is 169 Å². The van der Waals surface area contributed by atoms with Crippen LogP contribution in [-0.2, 0) is 18.0 Å². The van der Waals surface area contributed by atoms with Crippen molar-refractivity contribution < 1.29 is 18.0 Å². The molecule has 3 aromatic heterocycles. The van der Waals surface area contributed by atoms with Crippen LogP contribution in [-0.4, -0.2) is 43.2 Å². The molecule has 1 saturated heterocycles. The number of nitrogens with one attached hydrogen (secondary N) is 1. The van der Waals surface area contributed by atoms with Gasteiger partial charge in [-0.05, 0) is 25.5 Å². The lowest BCUT2D eigenvalue weighted by Crippen LogP contribution is -2.34. The van der Waals surface area contributed by atoms with E-state index in [1.807, 2.05) is 6.92 Å². The number of anilines is 2. The fourth-order valence-corrected chi connectivity index (χ4v) is 3.35.